The monoisotopic (exact) mass is 253 g/mol. The van der Waals surface area contributed by atoms with E-state index in [1.54, 1.807) is 0 Å². The van der Waals surface area contributed by atoms with Gasteiger partial charge in [0.25, 0.3) is 0 Å². The molecule has 1 amide bonds. The van der Waals surface area contributed by atoms with Gasteiger partial charge in [0.2, 0.25) is 0 Å². The lowest BCUT2D eigenvalue weighted by Crippen LogP contribution is -2.25. The first-order valence-electron chi connectivity index (χ1n) is 6.08. The van der Waals surface area contributed by atoms with Crippen molar-refractivity contribution in [1.82, 2.24) is 5.32 Å². The molecule has 1 N–H and O–H groups in total. The lowest BCUT2D eigenvalue weighted by atomic mass is 10.0. The molecule has 0 saturated carbocycles. The maximum atomic E-state index is 11.5. The Balaban J connectivity index is 2.20. The van der Waals surface area contributed by atoms with E-state index in [-0.39, 0.29) is 12.6 Å². The SMILES string of the molecule is C#CCNC(=O)OC(C)c1cccc2ccccc12. The van der Waals surface area contributed by atoms with Gasteiger partial charge in [0.1, 0.15) is 6.10 Å². The van der Waals surface area contributed by atoms with Crippen molar-refractivity contribution in [3.05, 3.63) is 48.0 Å². The lowest BCUT2D eigenvalue weighted by molar-refractivity contribution is 0.109. The summed E-state index contributed by atoms with van der Waals surface area (Å²) in [5, 5.41) is 4.69. The smallest absolute Gasteiger partial charge is 0.408 e. The highest BCUT2D eigenvalue weighted by atomic mass is 16.6. The molecule has 0 aliphatic rings. The molecule has 3 nitrogen and oxygen atoms in total. The summed E-state index contributed by atoms with van der Waals surface area (Å²) < 4.78 is 5.30. The first-order valence-corrected chi connectivity index (χ1v) is 6.08. The number of carbonyl (C=O) groups excluding carboxylic acids is 1. The average Bonchev–Trinajstić information content (AvgIpc) is 2.44. The third kappa shape index (κ3) is 3.05. The van der Waals surface area contributed by atoms with Crippen molar-refractivity contribution in [3.63, 3.8) is 0 Å². The largest absolute Gasteiger partial charge is 0.442 e. The third-order valence-electron chi connectivity index (χ3n) is 2.88. The maximum absolute atomic E-state index is 11.5. The van der Waals surface area contributed by atoms with Gasteiger partial charge >= 0.3 is 6.09 Å². The van der Waals surface area contributed by atoms with E-state index in [4.69, 9.17) is 11.2 Å². The van der Waals surface area contributed by atoms with Gasteiger partial charge in [0.15, 0.2) is 0 Å². The highest BCUT2D eigenvalue weighted by Crippen LogP contribution is 2.26. The van der Waals surface area contributed by atoms with Gasteiger partial charge in [-0.2, -0.15) is 0 Å². The van der Waals surface area contributed by atoms with Crippen LogP contribution < -0.4 is 5.32 Å². The lowest BCUT2D eigenvalue weighted by Gasteiger charge is -2.15. The van der Waals surface area contributed by atoms with Crippen LogP contribution in [0, 0.1) is 12.3 Å². The topological polar surface area (TPSA) is 38.3 Å². The van der Waals surface area contributed by atoms with E-state index in [0.29, 0.717) is 0 Å². The predicted molar refractivity (Wildman–Crippen MR) is 75.7 cm³/mol. The van der Waals surface area contributed by atoms with Crippen molar-refractivity contribution in [1.29, 1.82) is 0 Å². The summed E-state index contributed by atoms with van der Waals surface area (Å²) in [6.45, 7) is 2.01. The molecule has 96 valence electrons. The number of alkyl carbamates (subject to hydrolysis) is 1. The molecule has 0 radical (unpaired) electrons. The fraction of sp³-hybridized carbons (Fsp3) is 0.188. The van der Waals surface area contributed by atoms with E-state index in [1.165, 1.54) is 0 Å². The number of terminal acetylenes is 1. The molecule has 0 aliphatic heterocycles. The number of ether oxygens (including phenoxy) is 1. The number of nitrogens with one attached hydrogen (secondary N) is 1. The van der Waals surface area contributed by atoms with Crippen LogP contribution in [0.1, 0.15) is 18.6 Å². The Kier molecular flexibility index (Phi) is 4.04. The van der Waals surface area contributed by atoms with Gasteiger partial charge in [-0.25, -0.2) is 4.79 Å². The molecular weight excluding hydrogens is 238 g/mol. The molecule has 2 aromatic carbocycles. The van der Waals surface area contributed by atoms with Gasteiger partial charge in [0.05, 0.1) is 6.54 Å². The van der Waals surface area contributed by atoms with E-state index in [2.05, 4.69) is 11.2 Å². The molecule has 19 heavy (non-hydrogen) atoms. The molecule has 0 spiro atoms. The first-order chi connectivity index (χ1) is 9.22. The summed E-state index contributed by atoms with van der Waals surface area (Å²) in [6.07, 6.45) is 4.24. The molecular formula is C16H15NO2. The molecule has 3 heteroatoms. The summed E-state index contributed by atoms with van der Waals surface area (Å²) in [5.41, 5.74) is 0.981. The Bertz CT molecular complexity index is 623. The van der Waals surface area contributed by atoms with Crippen molar-refractivity contribution in [2.24, 2.45) is 0 Å². The number of hydrogen-bond acceptors (Lipinski definition) is 2. The van der Waals surface area contributed by atoms with Crippen molar-refractivity contribution in [3.8, 4) is 12.3 Å². The van der Waals surface area contributed by atoms with Crippen LogP contribution in [0.5, 0.6) is 0 Å². The number of amides is 1. The maximum Gasteiger partial charge on any atom is 0.408 e. The second kappa shape index (κ2) is 5.92. The predicted octanol–water partition coefficient (Wildman–Crippen LogP) is 3.26. The van der Waals surface area contributed by atoms with E-state index in [9.17, 15) is 4.79 Å². The summed E-state index contributed by atoms with van der Waals surface area (Å²) in [6, 6.07) is 13.9. The molecule has 1 atom stereocenters. The second-order valence-electron chi connectivity index (χ2n) is 4.17. The molecule has 0 heterocycles. The standard InChI is InChI=1S/C16H15NO2/c1-3-11-17-16(18)19-12(2)14-10-6-8-13-7-4-5-9-15(13)14/h1,4-10,12H,11H2,2H3,(H,17,18). The quantitative estimate of drug-likeness (QED) is 0.853. The van der Waals surface area contributed by atoms with Gasteiger partial charge in [-0.1, -0.05) is 48.4 Å². The van der Waals surface area contributed by atoms with E-state index in [1.807, 2.05) is 49.4 Å². The van der Waals surface area contributed by atoms with Crippen LogP contribution in [0.4, 0.5) is 4.79 Å². The van der Waals surface area contributed by atoms with Crippen molar-refractivity contribution < 1.29 is 9.53 Å². The Hall–Kier alpha value is -2.47. The van der Waals surface area contributed by atoms with Crippen LogP contribution in [-0.2, 0) is 4.74 Å². The zero-order chi connectivity index (χ0) is 13.7. The van der Waals surface area contributed by atoms with Gasteiger partial charge < -0.3 is 10.1 Å². The second-order valence-corrected chi connectivity index (χ2v) is 4.17. The highest BCUT2D eigenvalue weighted by molar-refractivity contribution is 5.86. The molecule has 2 aromatic rings. The third-order valence-corrected chi connectivity index (χ3v) is 2.88. The van der Waals surface area contributed by atoms with Crippen molar-refractivity contribution in [2.45, 2.75) is 13.0 Å². The minimum atomic E-state index is -0.501. The summed E-state index contributed by atoms with van der Waals surface area (Å²) in [4.78, 5) is 11.5. The van der Waals surface area contributed by atoms with Gasteiger partial charge in [-0.15, -0.1) is 6.42 Å². The van der Waals surface area contributed by atoms with Crippen molar-refractivity contribution >= 4 is 16.9 Å². The Morgan fingerprint density at radius 3 is 2.84 bits per heavy atom. The minimum absolute atomic E-state index is 0.168. The normalized spacial score (nSPS) is 11.6. The van der Waals surface area contributed by atoms with Crippen LogP contribution >= 0.6 is 0 Å². The van der Waals surface area contributed by atoms with E-state index in [0.717, 1.165) is 16.3 Å². The van der Waals surface area contributed by atoms with Gasteiger partial charge in [0, 0.05) is 5.56 Å². The van der Waals surface area contributed by atoms with Crippen LogP contribution in [0.25, 0.3) is 10.8 Å². The fourth-order valence-electron chi connectivity index (χ4n) is 1.99. The summed E-state index contributed by atoms with van der Waals surface area (Å²) in [5.74, 6) is 2.33. The van der Waals surface area contributed by atoms with Crippen molar-refractivity contribution in [2.75, 3.05) is 6.54 Å². The molecule has 0 fully saturated rings. The Morgan fingerprint density at radius 1 is 1.32 bits per heavy atom. The first kappa shape index (κ1) is 13.0. The van der Waals surface area contributed by atoms with E-state index < -0.39 is 6.09 Å². The average molecular weight is 253 g/mol. The zero-order valence-corrected chi connectivity index (χ0v) is 10.7. The molecule has 2 rings (SSSR count). The molecule has 0 aliphatic carbocycles. The summed E-state index contributed by atoms with van der Waals surface area (Å²) in [7, 11) is 0. The number of carbonyl (C=O) groups is 1. The molecule has 0 aromatic heterocycles. The van der Waals surface area contributed by atoms with Crippen LogP contribution in [-0.4, -0.2) is 12.6 Å². The number of rotatable bonds is 3. The molecule has 0 saturated heterocycles. The summed E-state index contributed by atoms with van der Waals surface area (Å²) >= 11 is 0. The van der Waals surface area contributed by atoms with Gasteiger partial charge in [-0.05, 0) is 17.7 Å². The molecule has 1 unspecified atom stereocenters. The highest BCUT2D eigenvalue weighted by Gasteiger charge is 2.13. The van der Waals surface area contributed by atoms with Crippen LogP contribution in [0.2, 0.25) is 0 Å². The van der Waals surface area contributed by atoms with Crippen LogP contribution in [0.15, 0.2) is 42.5 Å². The minimum Gasteiger partial charge on any atom is -0.442 e. The Morgan fingerprint density at radius 2 is 2.05 bits per heavy atom. The zero-order valence-electron chi connectivity index (χ0n) is 10.7. The number of benzene rings is 2. The molecule has 0 bridgehead atoms. The van der Waals surface area contributed by atoms with Gasteiger partial charge in [-0.3, -0.25) is 0 Å². The fourth-order valence-corrected chi connectivity index (χ4v) is 1.99. The van der Waals surface area contributed by atoms with E-state index >= 15 is 0 Å². The number of hydrogen-bond donors (Lipinski definition) is 1. The van der Waals surface area contributed by atoms with Crippen LogP contribution in [0.3, 0.4) is 0 Å². The number of fused-ring (bicyclic) bond motifs is 1. The Labute approximate surface area is 112 Å².